The number of para-hydroxylation sites is 1. The summed E-state index contributed by atoms with van der Waals surface area (Å²) in [4.78, 5) is 12.6. The number of hydrazine groups is 1. The van der Waals surface area contributed by atoms with Gasteiger partial charge in [0.25, 0.3) is 0 Å². The molecule has 0 aliphatic carbocycles. The summed E-state index contributed by atoms with van der Waals surface area (Å²) in [7, 11) is 0. The molecule has 0 saturated carbocycles. The lowest BCUT2D eigenvalue weighted by Gasteiger charge is -2.12. The molecule has 0 atom stereocenters. The van der Waals surface area contributed by atoms with Crippen molar-refractivity contribution in [1.29, 1.82) is 0 Å². The van der Waals surface area contributed by atoms with E-state index in [1.165, 1.54) is 6.33 Å². The number of nitrogen functional groups attached to an aromatic ring is 2. The molecule has 21 heavy (non-hydrogen) atoms. The fourth-order valence-electron chi connectivity index (χ4n) is 2.08. The third-order valence-corrected chi connectivity index (χ3v) is 3.13. The summed E-state index contributed by atoms with van der Waals surface area (Å²) in [6.07, 6.45) is 1.39. The number of aryl methyl sites for hydroxylation is 1. The highest BCUT2D eigenvalue weighted by Crippen LogP contribution is 2.28. The Morgan fingerprint density at radius 2 is 1.86 bits per heavy atom. The minimum atomic E-state index is 0.352. The zero-order valence-corrected chi connectivity index (χ0v) is 11.5. The SMILES string of the molecule is Cc1ccc2cccc(Nc3ncnc(NN)c3N)c2n1. The molecule has 6 N–H and O–H groups in total. The van der Waals surface area contributed by atoms with Crippen molar-refractivity contribution < 1.29 is 0 Å². The lowest BCUT2D eigenvalue weighted by atomic mass is 10.1. The molecular weight excluding hydrogens is 266 g/mol. The van der Waals surface area contributed by atoms with Crippen LogP contribution in [-0.2, 0) is 0 Å². The van der Waals surface area contributed by atoms with Crippen LogP contribution >= 0.6 is 0 Å². The van der Waals surface area contributed by atoms with Crippen LogP contribution in [0.1, 0.15) is 5.69 Å². The maximum absolute atomic E-state index is 5.97. The Morgan fingerprint density at radius 1 is 1.05 bits per heavy atom. The van der Waals surface area contributed by atoms with E-state index in [0.717, 1.165) is 22.3 Å². The van der Waals surface area contributed by atoms with Crippen molar-refractivity contribution in [3.63, 3.8) is 0 Å². The van der Waals surface area contributed by atoms with E-state index in [2.05, 4.69) is 25.7 Å². The Kier molecular flexibility index (Phi) is 3.25. The quantitative estimate of drug-likeness (QED) is 0.428. The first-order valence-corrected chi connectivity index (χ1v) is 6.39. The molecule has 0 unspecified atom stereocenters. The van der Waals surface area contributed by atoms with Gasteiger partial charge in [-0.15, -0.1) is 0 Å². The summed E-state index contributed by atoms with van der Waals surface area (Å²) in [6, 6.07) is 9.87. The number of benzene rings is 1. The molecule has 0 saturated heterocycles. The average Bonchev–Trinajstić information content (AvgIpc) is 2.50. The van der Waals surface area contributed by atoms with Gasteiger partial charge in [0.1, 0.15) is 12.0 Å². The van der Waals surface area contributed by atoms with Crippen LogP contribution in [0, 0.1) is 6.92 Å². The molecule has 3 aromatic rings. The molecule has 2 aromatic heterocycles. The van der Waals surface area contributed by atoms with Crippen molar-refractivity contribution in [1.82, 2.24) is 15.0 Å². The maximum atomic E-state index is 5.97. The van der Waals surface area contributed by atoms with Crippen LogP contribution < -0.4 is 22.3 Å². The van der Waals surface area contributed by atoms with E-state index >= 15 is 0 Å². The molecule has 3 rings (SSSR count). The van der Waals surface area contributed by atoms with Crippen molar-refractivity contribution >= 4 is 33.9 Å². The van der Waals surface area contributed by atoms with Gasteiger partial charge >= 0.3 is 0 Å². The van der Waals surface area contributed by atoms with Gasteiger partial charge in [-0.25, -0.2) is 15.8 Å². The Balaban J connectivity index is 2.08. The summed E-state index contributed by atoms with van der Waals surface area (Å²) in [5.41, 5.74) is 11.4. The Bertz CT molecular complexity index is 800. The van der Waals surface area contributed by atoms with Gasteiger partial charge < -0.3 is 16.5 Å². The number of hydrogen-bond donors (Lipinski definition) is 4. The van der Waals surface area contributed by atoms with Gasteiger partial charge in [-0.3, -0.25) is 4.98 Å². The van der Waals surface area contributed by atoms with Crippen LogP contribution in [0.15, 0.2) is 36.7 Å². The largest absolute Gasteiger partial charge is 0.393 e. The van der Waals surface area contributed by atoms with Crippen molar-refractivity contribution in [2.45, 2.75) is 6.92 Å². The van der Waals surface area contributed by atoms with Crippen LogP contribution in [-0.4, -0.2) is 15.0 Å². The summed E-state index contributed by atoms with van der Waals surface area (Å²) in [5.74, 6) is 6.22. The second kappa shape index (κ2) is 5.22. The van der Waals surface area contributed by atoms with Crippen LogP contribution in [0.4, 0.5) is 23.0 Å². The Morgan fingerprint density at radius 3 is 2.67 bits per heavy atom. The third kappa shape index (κ3) is 2.41. The van der Waals surface area contributed by atoms with E-state index in [1.54, 1.807) is 0 Å². The smallest absolute Gasteiger partial charge is 0.168 e. The van der Waals surface area contributed by atoms with Crippen LogP contribution in [0.5, 0.6) is 0 Å². The van der Waals surface area contributed by atoms with Crippen LogP contribution in [0.3, 0.4) is 0 Å². The number of anilines is 4. The molecule has 0 bridgehead atoms. The first-order valence-electron chi connectivity index (χ1n) is 6.39. The fraction of sp³-hybridized carbons (Fsp3) is 0.0714. The number of fused-ring (bicyclic) bond motifs is 1. The molecule has 0 radical (unpaired) electrons. The number of hydrogen-bond acceptors (Lipinski definition) is 7. The van der Waals surface area contributed by atoms with Gasteiger partial charge in [-0.05, 0) is 19.1 Å². The molecule has 0 spiro atoms. The van der Waals surface area contributed by atoms with E-state index in [9.17, 15) is 0 Å². The monoisotopic (exact) mass is 281 g/mol. The summed E-state index contributed by atoms with van der Waals surface area (Å²) in [5, 5.41) is 4.22. The molecule has 7 heteroatoms. The third-order valence-electron chi connectivity index (χ3n) is 3.13. The predicted octanol–water partition coefficient (Wildman–Crippen LogP) is 1.94. The number of nitrogens with zero attached hydrogens (tertiary/aromatic N) is 3. The van der Waals surface area contributed by atoms with Gasteiger partial charge in [0.15, 0.2) is 11.6 Å². The molecule has 1 aromatic carbocycles. The van der Waals surface area contributed by atoms with E-state index in [0.29, 0.717) is 17.3 Å². The second-order valence-corrected chi connectivity index (χ2v) is 4.58. The standard InChI is InChI=1S/C14H15N7/c1-8-5-6-9-3-2-4-10(12(9)19-8)20-13-11(15)14(21-16)18-7-17-13/h2-7H,15-16H2,1H3,(H2,17,18,20,21). The Hall–Kier alpha value is -2.93. The first-order chi connectivity index (χ1) is 10.2. The number of nitrogens with one attached hydrogen (secondary N) is 2. The molecule has 0 fully saturated rings. The van der Waals surface area contributed by atoms with Crippen LogP contribution in [0.2, 0.25) is 0 Å². The van der Waals surface area contributed by atoms with Crippen LogP contribution in [0.25, 0.3) is 10.9 Å². The topological polar surface area (TPSA) is 115 Å². The number of nitrogens with two attached hydrogens (primary N) is 2. The zero-order chi connectivity index (χ0) is 14.8. The van der Waals surface area contributed by atoms with E-state index in [-0.39, 0.29) is 0 Å². The minimum Gasteiger partial charge on any atom is -0.393 e. The molecule has 0 aliphatic heterocycles. The van der Waals surface area contributed by atoms with E-state index in [1.807, 2.05) is 37.3 Å². The van der Waals surface area contributed by atoms with Gasteiger partial charge in [0, 0.05) is 11.1 Å². The van der Waals surface area contributed by atoms with Gasteiger partial charge in [-0.1, -0.05) is 18.2 Å². The highest BCUT2D eigenvalue weighted by Gasteiger charge is 2.09. The molecule has 7 nitrogen and oxygen atoms in total. The number of rotatable bonds is 3. The van der Waals surface area contributed by atoms with Gasteiger partial charge in [-0.2, -0.15) is 0 Å². The van der Waals surface area contributed by atoms with Crippen molar-refractivity contribution in [3.05, 3.63) is 42.4 Å². The molecule has 106 valence electrons. The normalized spacial score (nSPS) is 10.6. The molecule has 2 heterocycles. The Labute approximate surface area is 121 Å². The lowest BCUT2D eigenvalue weighted by molar-refractivity contribution is 1.14. The van der Waals surface area contributed by atoms with E-state index in [4.69, 9.17) is 11.6 Å². The highest BCUT2D eigenvalue weighted by atomic mass is 15.3. The molecule has 0 aliphatic rings. The zero-order valence-electron chi connectivity index (χ0n) is 11.5. The molecule has 0 amide bonds. The van der Waals surface area contributed by atoms with Crippen molar-refractivity contribution in [2.24, 2.45) is 5.84 Å². The summed E-state index contributed by atoms with van der Waals surface area (Å²) < 4.78 is 0. The first kappa shape index (κ1) is 13.1. The van der Waals surface area contributed by atoms with Crippen molar-refractivity contribution in [2.75, 3.05) is 16.5 Å². The molecular formula is C14H15N7. The summed E-state index contributed by atoms with van der Waals surface area (Å²) >= 11 is 0. The lowest BCUT2D eigenvalue weighted by Crippen LogP contribution is -2.12. The second-order valence-electron chi connectivity index (χ2n) is 4.58. The number of aromatic nitrogens is 3. The fourth-order valence-corrected chi connectivity index (χ4v) is 2.08. The number of pyridine rings is 1. The van der Waals surface area contributed by atoms with Gasteiger partial charge in [0.05, 0.1) is 11.2 Å². The predicted molar refractivity (Wildman–Crippen MR) is 84.0 cm³/mol. The average molecular weight is 281 g/mol. The highest BCUT2D eigenvalue weighted by molar-refractivity contribution is 5.93. The minimum absolute atomic E-state index is 0.352. The maximum Gasteiger partial charge on any atom is 0.168 e. The van der Waals surface area contributed by atoms with Gasteiger partial charge in [0.2, 0.25) is 0 Å². The van der Waals surface area contributed by atoms with E-state index < -0.39 is 0 Å². The van der Waals surface area contributed by atoms with Crippen molar-refractivity contribution in [3.8, 4) is 0 Å². The summed E-state index contributed by atoms with van der Waals surface area (Å²) in [6.45, 7) is 1.95.